The summed E-state index contributed by atoms with van der Waals surface area (Å²) in [5, 5.41) is 17.6. The Labute approximate surface area is 134 Å². The lowest BCUT2D eigenvalue weighted by atomic mass is 10.2. The van der Waals surface area contributed by atoms with Gasteiger partial charge < -0.3 is 4.42 Å². The van der Waals surface area contributed by atoms with Gasteiger partial charge in [0.2, 0.25) is 11.8 Å². The lowest BCUT2D eigenvalue weighted by Gasteiger charge is -1.95. The van der Waals surface area contributed by atoms with Gasteiger partial charge in [0.05, 0.1) is 5.69 Å². The van der Waals surface area contributed by atoms with Crippen LogP contribution in [-0.2, 0) is 13.0 Å². The lowest BCUT2D eigenvalue weighted by molar-refractivity contribution is 0.469. The van der Waals surface area contributed by atoms with Gasteiger partial charge in [-0.15, -0.1) is 15.3 Å². The molecule has 0 amide bonds. The molecule has 0 aliphatic rings. The third-order valence-corrected chi connectivity index (χ3v) is 3.44. The number of alkyl halides is 1. The van der Waals surface area contributed by atoms with Crippen LogP contribution in [0, 0.1) is 0 Å². The normalized spacial score (nSPS) is 11.0. The molecule has 0 spiro atoms. The summed E-state index contributed by atoms with van der Waals surface area (Å²) in [5.74, 6) is 0.942. The maximum absolute atomic E-state index is 5.85. The Bertz CT molecular complexity index is 724. The third-order valence-electron chi connectivity index (χ3n) is 2.79. The van der Waals surface area contributed by atoms with Crippen LogP contribution in [0.3, 0.4) is 0 Å². The molecule has 0 atom stereocenters. The van der Waals surface area contributed by atoms with Gasteiger partial charge >= 0.3 is 0 Å². The molecule has 3 aromatic rings. The van der Waals surface area contributed by atoms with Gasteiger partial charge in [0.25, 0.3) is 0 Å². The minimum absolute atomic E-state index is 0.399. The predicted octanol–water partition coefficient (Wildman–Crippen LogP) is 2.97. The summed E-state index contributed by atoms with van der Waals surface area (Å²) >= 11 is 9.22. The molecule has 21 heavy (non-hydrogen) atoms. The molecule has 8 heteroatoms. The first-order chi connectivity index (χ1) is 10.2. The zero-order valence-electron chi connectivity index (χ0n) is 10.9. The van der Waals surface area contributed by atoms with Gasteiger partial charge in [0, 0.05) is 28.5 Å². The van der Waals surface area contributed by atoms with Crippen molar-refractivity contribution in [3.05, 3.63) is 47.1 Å². The Morgan fingerprint density at radius 1 is 1.14 bits per heavy atom. The highest BCUT2D eigenvalue weighted by molar-refractivity contribution is 9.09. The second-order valence-electron chi connectivity index (χ2n) is 4.35. The minimum Gasteiger partial charge on any atom is -0.419 e. The Hall–Kier alpha value is -1.73. The van der Waals surface area contributed by atoms with Gasteiger partial charge in [-0.1, -0.05) is 32.7 Å². The van der Waals surface area contributed by atoms with Crippen LogP contribution in [0.4, 0.5) is 0 Å². The molecule has 0 saturated heterocycles. The maximum atomic E-state index is 5.85. The number of nitrogens with zero attached hydrogens (tertiary/aromatic N) is 5. The number of aromatic nitrogens is 5. The zero-order valence-corrected chi connectivity index (χ0v) is 13.3. The highest BCUT2D eigenvalue weighted by Gasteiger charge is 2.10. The standard InChI is InChI=1S/C13H11BrClN5O/c14-6-5-11-7-20(19-16-11)8-12-17-18-13(21-12)9-1-3-10(15)4-2-9/h1-4,7H,5-6,8H2. The molecule has 0 bridgehead atoms. The van der Waals surface area contributed by atoms with E-state index in [1.165, 1.54) is 0 Å². The fraction of sp³-hybridized carbons (Fsp3) is 0.231. The summed E-state index contributed by atoms with van der Waals surface area (Å²) in [6.45, 7) is 0.399. The SMILES string of the molecule is Clc1ccc(-c2nnc(Cn3cc(CCBr)nn3)o2)cc1. The predicted molar refractivity (Wildman–Crippen MR) is 81.4 cm³/mol. The summed E-state index contributed by atoms with van der Waals surface area (Å²) in [4.78, 5) is 0. The molecule has 0 saturated carbocycles. The number of halogens is 2. The number of benzene rings is 1. The quantitative estimate of drug-likeness (QED) is 0.648. The van der Waals surface area contributed by atoms with Crippen LogP contribution >= 0.6 is 27.5 Å². The zero-order chi connectivity index (χ0) is 14.7. The third kappa shape index (κ3) is 3.48. The Kier molecular flexibility index (Phi) is 4.31. The molecule has 6 nitrogen and oxygen atoms in total. The highest BCUT2D eigenvalue weighted by atomic mass is 79.9. The fourth-order valence-corrected chi connectivity index (χ4v) is 2.32. The van der Waals surface area contributed by atoms with Crippen LogP contribution in [-0.4, -0.2) is 30.5 Å². The van der Waals surface area contributed by atoms with E-state index >= 15 is 0 Å². The molecule has 0 unspecified atom stereocenters. The molecule has 0 aliphatic heterocycles. The molecule has 3 rings (SSSR count). The Balaban J connectivity index is 1.73. The lowest BCUT2D eigenvalue weighted by Crippen LogP contribution is -2.00. The van der Waals surface area contributed by atoms with Crippen molar-refractivity contribution < 1.29 is 4.42 Å². The first-order valence-corrected chi connectivity index (χ1v) is 7.78. The second kappa shape index (κ2) is 6.36. The van der Waals surface area contributed by atoms with Gasteiger partial charge in [-0.05, 0) is 24.3 Å². The summed E-state index contributed by atoms with van der Waals surface area (Å²) < 4.78 is 7.30. The number of hydrogen-bond donors (Lipinski definition) is 0. The van der Waals surface area contributed by atoms with E-state index in [2.05, 4.69) is 36.4 Å². The maximum Gasteiger partial charge on any atom is 0.247 e. The smallest absolute Gasteiger partial charge is 0.247 e. The van der Waals surface area contributed by atoms with Crippen molar-refractivity contribution in [2.45, 2.75) is 13.0 Å². The molecule has 1 aromatic carbocycles. The van der Waals surface area contributed by atoms with Crippen LogP contribution in [0.2, 0.25) is 5.02 Å². The van der Waals surface area contributed by atoms with Gasteiger partial charge in [-0.25, -0.2) is 4.68 Å². The number of hydrogen-bond acceptors (Lipinski definition) is 5. The van der Waals surface area contributed by atoms with E-state index in [1.54, 1.807) is 16.8 Å². The van der Waals surface area contributed by atoms with E-state index in [0.29, 0.717) is 23.3 Å². The highest BCUT2D eigenvalue weighted by Crippen LogP contribution is 2.20. The van der Waals surface area contributed by atoms with Crippen molar-refractivity contribution in [1.29, 1.82) is 0 Å². The van der Waals surface area contributed by atoms with E-state index in [-0.39, 0.29) is 0 Å². The van der Waals surface area contributed by atoms with Crippen LogP contribution in [0.5, 0.6) is 0 Å². The van der Waals surface area contributed by atoms with Gasteiger partial charge in [-0.2, -0.15) is 0 Å². The summed E-state index contributed by atoms with van der Waals surface area (Å²) in [6.07, 6.45) is 2.70. The number of rotatable bonds is 5. The van der Waals surface area contributed by atoms with Crippen LogP contribution < -0.4 is 0 Å². The Morgan fingerprint density at radius 2 is 1.95 bits per heavy atom. The topological polar surface area (TPSA) is 69.6 Å². The van der Waals surface area contributed by atoms with E-state index in [0.717, 1.165) is 23.0 Å². The largest absolute Gasteiger partial charge is 0.419 e. The second-order valence-corrected chi connectivity index (χ2v) is 5.58. The van der Waals surface area contributed by atoms with Crippen molar-refractivity contribution in [2.75, 3.05) is 5.33 Å². The van der Waals surface area contributed by atoms with Crippen molar-refractivity contribution in [1.82, 2.24) is 25.2 Å². The summed E-state index contributed by atoms with van der Waals surface area (Å²) in [5.41, 5.74) is 1.75. The molecule has 2 heterocycles. The van der Waals surface area contributed by atoms with Gasteiger partial charge in [-0.3, -0.25) is 0 Å². The molecule has 0 N–H and O–H groups in total. The van der Waals surface area contributed by atoms with Gasteiger partial charge in [0.15, 0.2) is 0 Å². The molecular formula is C13H11BrClN5O. The average Bonchev–Trinajstić information content (AvgIpc) is 3.11. The van der Waals surface area contributed by atoms with E-state index in [9.17, 15) is 0 Å². The monoisotopic (exact) mass is 367 g/mol. The summed E-state index contributed by atoms with van der Waals surface area (Å²) in [6, 6.07) is 7.24. The van der Waals surface area contributed by atoms with Crippen LogP contribution in [0.25, 0.3) is 11.5 Å². The Morgan fingerprint density at radius 3 is 2.71 bits per heavy atom. The fourth-order valence-electron chi connectivity index (χ4n) is 1.79. The summed E-state index contributed by atoms with van der Waals surface area (Å²) in [7, 11) is 0. The van der Waals surface area contributed by atoms with Gasteiger partial charge in [0.1, 0.15) is 6.54 Å². The number of aryl methyl sites for hydroxylation is 1. The van der Waals surface area contributed by atoms with Crippen LogP contribution in [0.1, 0.15) is 11.6 Å². The first-order valence-electron chi connectivity index (χ1n) is 6.28. The van der Waals surface area contributed by atoms with Crippen molar-refractivity contribution in [3.8, 4) is 11.5 Å². The molecule has 2 aromatic heterocycles. The average molecular weight is 369 g/mol. The van der Waals surface area contributed by atoms with Crippen LogP contribution in [0.15, 0.2) is 34.9 Å². The van der Waals surface area contributed by atoms with E-state index in [4.69, 9.17) is 16.0 Å². The first kappa shape index (κ1) is 14.2. The molecule has 108 valence electrons. The van der Waals surface area contributed by atoms with Crippen molar-refractivity contribution in [3.63, 3.8) is 0 Å². The van der Waals surface area contributed by atoms with Crippen molar-refractivity contribution >= 4 is 27.5 Å². The van der Waals surface area contributed by atoms with E-state index in [1.807, 2.05) is 18.3 Å². The van der Waals surface area contributed by atoms with E-state index < -0.39 is 0 Å². The molecular weight excluding hydrogens is 358 g/mol. The molecule has 0 aliphatic carbocycles. The minimum atomic E-state index is 0.399. The molecule has 0 radical (unpaired) electrons. The molecule has 0 fully saturated rings. The van der Waals surface area contributed by atoms with Crippen molar-refractivity contribution in [2.24, 2.45) is 0 Å².